The van der Waals surface area contributed by atoms with E-state index in [1.165, 1.54) is 85.7 Å². The molecule has 23 heteroatoms. The van der Waals surface area contributed by atoms with Crippen LogP contribution in [0.4, 0.5) is 0 Å². The summed E-state index contributed by atoms with van der Waals surface area (Å²) in [6.07, 6.45) is 4.53. The smallest absolute Gasteiger partial charge is 0.246 e. The molecule has 14 atom stereocenters. The number of allylic oxidation sites excluding steroid dienone is 2. The van der Waals surface area contributed by atoms with Gasteiger partial charge in [-0.15, -0.1) is 0 Å². The van der Waals surface area contributed by atoms with Crippen molar-refractivity contribution in [3.63, 3.8) is 0 Å². The second-order valence-electron chi connectivity index (χ2n) is 30.4. The van der Waals surface area contributed by atoms with Crippen LogP contribution in [0, 0.1) is 65.1 Å². The third kappa shape index (κ3) is 23.5. The van der Waals surface area contributed by atoms with E-state index in [0.29, 0.717) is 51.7 Å². The fraction of sp³-hybridized carbons (Fsp3) is 0.808. The minimum absolute atomic E-state index is 0.00872. The number of carbonyl (C=O) groups excluding carboxylic acids is 12. The number of carbonyl (C=O) groups is 12. The van der Waals surface area contributed by atoms with Crippen molar-refractivity contribution in [3.05, 3.63) is 12.2 Å². The number of amides is 9. The zero-order valence-corrected chi connectivity index (χ0v) is 63.3. The highest BCUT2D eigenvalue weighted by Gasteiger charge is 2.47. The summed E-state index contributed by atoms with van der Waals surface area (Å²) in [6, 6.07) is -9.75. The number of ketones is 3. The molecule has 2 saturated heterocycles. The summed E-state index contributed by atoms with van der Waals surface area (Å²) < 4.78 is 0. The molecule has 2 rings (SSSR count). The first-order valence-electron chi connectivity index (χ1n) is 35.6. The fourth-order valence-electron chi connectivity index (χ4n) is 13.8. The van der Waals surface area contributed by atoms with Crippen LogP contribution in [0.5, 0.6) is 0 Å². The molecule has 0 aliphatic carbocycles. The van der Waals surface area contributed by atoms with Crippen molar-refractivity contribution in [2.24, 2.45) is 70.8 Å². The first-order chi connectivity index (χ1) is 44.5. The van der Waals surface area contributed by atoms with Crippen LogP contribution in [0.25, 0.3) is 0 Å². The van der Waals surface area contributed by atoms with Crippen LogP contribution in [0.2, 0.25) is 0 Å². The Balaban J connectivity index is 3.03. The maximum Gasteiger partial charge on any atom is 0.246 e. The highest BCUT2D eigenvalue weighted by molar-refractivity contribution is 6.00. The van der Waals surface area contributed by atoms with Gasteiger partial charge in [-0.1, -0.05) is 116 Å². The van der Waals surface area contributed by atoms with Crippen LogP contribution in [-0.2, 0) is 57.5 Å². The summed E-state index contributed by atoms with van der Waals surface area (Å²) in [6.45, 7) is 32.3. The van der Waals surface area contributed by atoms with E-state index in [9.17, 15) is 29.1 Å². The number of aliphatic hydroxyl groups is 1. The Labute approximate surface area is 576 Å². The molecule has 0 aromatic heterocycles. The highest BCUT2D eigenvalue weighted by atomic mass is 16.3. The van der Waals surface area contributed by atoms with E-state index in [4.69, 9.17) is 5.73 Å². The summed E-state index contributed by atoms with van der Waals surface area (Å²) in [5, 5.41) is 15.1. The first kappa shape index (κ1) is 86.0. The average Bonchev–Trinajstić information content (AvgIpc) is 0.806. The van der Waals surface area contributed by atoms with Crippen LogP contribution in [0.1, 0.15) is 195 Å². The summed E-state index contributed by atoms with van der Waals surface area (Å²) >= 11 is 0. The number of nitrogens with one attached hydrogen (secondary N) is 1. The van der Waals surface area contributed by atoms with Gasteiger partial charge in [-0.05, 0) is 133 Å². The number of hydrogen-bond donors (Lipinski definition) is 3. The van der Waals surface area contributed by atoms with Crippen LogP contribution < -0.4 is 11.1 Å². The first-order valence-corrected chi connectivity index (χ1v) is 35.6. The third-order valence-electron chi connectivity index (χ3n) is 20.4. The van der Waals surface area contributed by atoms with E-state index in [0.717, 1.165) is 4.90 Å². The number of rotatable bonds is 19. The molecular weight excluding hydrogens is 1220 g/mol. The van der Waals surface area contributed by atoms with Gasteiger partial charge in [0.25, 0.3) is 0 Å². The number of likely N-dealkylation sites (N-methyl/N-ethyl adjacent to an activating group) is 7. The molecule has 548 valence electrons. The van der Waals surface area contributed by atoms with E-state index in [-0.39, 0.29) is 86.1 Å². The van der Waals surface area contributed by atoms with Gasteiger partial charge in [-0.25, -0.2) is 0 Å². The molecule has 4 N–H and O–H groups in total. The van der Waals surface area contributed by atoms with Gasteiger partial charge < -0.3 is 55.4 Å². The summed E-state index contributed by atoms with van der Waals surface area (Å²) in [4.78, 5) is 188. The molecule has 0 aromatic carbocycles. The van der Waals surface area contributed by atoms with Gasteiger partial charge in [0.1, 0.15) is 42.0 Å². The fourth-order valence-corrected chi connectivity index (χ4v) is 13.8. The predicted molar refractivity (Wildman–Crippen MR) is 374 cm³/mol. The summed E-state index contributed by atoms with van der Waals surface area (Å²) in [5.41, 5.74) is 5.62. The van der Waals surface area contributed by atoms with Crippen molar-refractivity contribution in [2.75, 3.05) is 69.0 Å². The van der Waals surface area contributed by atoms with Crippen LogP contribution in [0.3, 0.4) is 0 Å². The second kappa shape index (κ2) is 39.5. The maximum absolute atomic E-state index is 15.3. The molecule has 0 spiro atoms. The lowest BCUT2D eigenvalue weighted by Gasteiger charge is -2.41. The summed E-state index contributed by atoms with van der Waals surface area (Å²) in [5.74, 6) is -11.9. The van der Waals surface area contributed by atoms with Gasteiger partial charge in [0.2, 0.25) is 53.2 Å². The highest BCUT2D eigenvalue weighted by Crippen LogP contribution is 2.31. The van der Waals surface area contributed by atoms with Gasteiger partial charge in [0.05, 0.1) is 18.2 Å². The van der Waals surface area contributed by atoms with Crippen molar-refractivity contribution < 1.29 is 62.6 Å². The minimum Gasteiger partial charge on any atom is -0.390 e. The molecule has 0 bridgehead atoms. The molecule has 2 aliphatic rings. The number of piperidine rings is 1. The Morgan fingerprint density at radius 2 is 1.01 bits per heavy atom. The molecule has 0 radical (unpaired) electrons. The van der Waals surface area contributed by atoms with Gasteiger partial charge in [0, 0.05) is 92.3 Å². The van der Waals surface area contributed by atoms with E-state index >= 15 is 33.6 Å². The maximum atomic E-state index is 15.3. The van der Waals surface area contributed by atoms with E-state index in [2.05, 4.69) is 10.2 Å². The zero-order valence-electron chi connectivity index (χ0n) is 63.3. The molecule has 2 heterocycles. The van der Waals surface area contributed by atoms with Crippen molar-refractivity contribution in [2.45, 2.75) is 249 Å². The molecule has 0 aromatic rings. The lowest BCUT2D eigenvalue weighted by Crippen LogP contribution is -2.63. The van der Waals surface area contributed by atoms with Crippen molar-refractivity contribution in [3.8, 4) is 0 Å². The van der Waals surface area contributed by atoms with Crippen LogP contribution in [0.15, 0.2) is 12.2 Å². The zero-order chi connectivity index (χ0) is 73.8. The average molecular weight is 1350 g/mol. The molecule has 2 fully saturated rings. The van der Waals surface area contributed by atoms with Crippen LogP contribution >= 0.6 is 0 Å². The number of likely N-dealkylation sites (tertiary alicyclic amines) is 1. The van der Waals surface area contributed by atoms with Crippen molar-refractivity contribution in [1.29, 1.82) is 0 Å². The van der Waals surface area contributed by atoms with Gasteiger partial charge in [0.15, 0.2) is 11.6 Å². The molecule has 9 amide bonds. The van der Waals surface area contributed by atoms with E-state index in [1.54, 1.807) is 47.6 Å². The number of aliphatic hydroxyl groups excluding tert-OH is 1. The molecule has 2 aliphatic heterocycles. The Bertz CT molecular complexity index is 2670. The predicted octanol–water partition coefficient (Wildman–Crippen LogP) is 6.50. The molecule has 23 nitrogen and oxygen atoms in total. The topological polar surface area (TPSA) is 289 Å². The Kier molecular flexibility index (Phi) is 35.4. The molecule has 96 heavy (non-hydrogen) atoms. The molecular formula is C73H128N10O13. The Morgan fingerprint density at radius 1 is 0.542 bits per heavy atom. The van der Waals surface area contributed by atoms with Crippen LogP contribution in [-0.4, -0.2) is 238 Å². The van der Waals surface area contributed by atoms with Gasteiger partial charge in [-0.2, -0.15) is 0 Å². The monoisotopic (exact) mass is 1350 g/mol. The van der Waals surface area contributed by atoms with Crippen molar-refractivity contribution in [1.82, 2.24) is 44.5 Å². The van der Waals surface area contributed by atoms with E-state index < -0.39 is 149 Å². The largest absolute Gasteiger partial charge is 0.390 e. The normalized spacial score (nSPS) is 27.8. The molecule has 0 saturated carbocycles. The Morgan fingerprint density at radius 3 is 1.49 bits per heavy atom. The van der Waals surface area contributed by atoms with E-state index in [1.807, 2.05) is 75.3 Å². The number of hydrogen-bond acceptors (Lipinski definition) is 14. The molecule has 0 unspecified atom stereocenters. The number of nitrogens with two attached hydrogens (primary N) is 1. The van der Waals surface area contributed by atoms with Gasteiger partial charge in [-0.3, -0.25) is 57.5 Å². The third-order valence-corrected chi connectivity index (χ3v) is 20.4. The number of nitrogens with zero attached hydrogens (tertiary/aromatic N) is 8. The number of Topliss-reactive ketones (excluding diaryl/α,β-unsaturated/α-hetero) is 3. The van der Waals surface area contributed by atoms with Crippen molar-refractivity contribution >= 4 is 70.5 Å². The second-order valence-corrected chi connectivity index (χ2v) is 30.4. The lowest BCUT2D eigenvalue weighted by molar-refractivity contribution is -0.157. The number of primary amides is 1. The SMILES string of the molecule is C/C=C/C[C@@H](C)[C@@H](O)[C@H]1C(=O)N[C@@H](CC)C(=O)N(C)[C@H](C)C(=O)N(C)[C@@H]([C@H](C)CCCN2CCC(C(N)=O)CC2)C(=O)C[C@@H](C(C)C)C(=O)N(C)[C@@H](CC(C)C)C(=O)C[C@@H](C)C(=O)C[C@H](C)C(=O)N(C)[C@@H](CC(C)C)C(=O)N(C)[C@@H](CC(C)C)C(=O)N(C)[C@@H](C(C)C)C(=O)N1C. The minimum atomic E-state index is -1.63. The Hall–Kier alpha value is -6.10. The summed E-state index contributed by atoms with van der Waals surface area (Å²) in [7, 11) is 10.3. The lowest BCUT2D eigenvalue weighted by atomic mass is 9.82. The quantitative estimate of drug-likeness (QED) is 0.116. The van der Waals surface area contributed by atoms with Gasteiger partial charge >= 0.3 is 0 Å². The standard InChI is InChI=1S/C73H128N10O13/c1-25-27-29-48(14)64(87)63-66(89)75-54(26-2)70(93)76(18)51(17)68(91)81(23)62(47(13)30-28-33-83-34-31-52(32-35-83)65(74)88)60(86)41-53(45(9)10)69(92)77(19)55(36-42(3)4)59(85)39-49(15)58(84)40-50(16)67(90)78(20)56(37-43(5)6)71(94)79(21)57(38-44(7)8)72(95)80(22)61(46(11)12)73(96)82(63)24/h25,27,42-57,61-64,87H,26,28-41H2,1-24H3,(H2,74,88)(H,75,89)/b27-25+/t47-,48-,49-,50+,51-,53+,54+,55+,56+,57+,61+,62+,63+,64-/m1/s1.